The van der Waals surface area contributed by atoms with Gasteiger partial charge in [0.05, 0.1) is 5.69 Å². The second-order valence-corrected chi connectivity index (χ2v) is 4.84. The lowest BCUT2D eigenvalue weighted by Gasteiger charge is -2.10. The molecule has 0 amide bonds. The molecule has 0 unspecified atom stereocenters. The van der Waals surface area contributed by atoms with E-state index < -0.39 is 0 Å². The van der Waals surface area contributed by atoms with Crippen molar-refractivity contribution >= 4 is 17.3 Å². The van der Waals surface area contributed by atoms with Crippen LogP contribution in [-0.4, -0.2) is 0 Å². The number of aryl methyl sites for hydroxylation is 2. The Morgan fingerprint density at radius 2 is 1.89 bits per heavy atom. The summed E-state index contributed by atoms with van der Waals surface area (Å²) in [5, 5.41) is 3.60. The minimum absolute atomic E-state index is 0.288. The number of halogens is 2. The van der Waals surface area contributed by atoms with Gasteiger partial charge >= 0.3 is 0 Å². The van der Waals surface area contributed by atoms with E-state index in [1.54, 1.807) is 12.1 Å². The number of anilines is 1. The van der Waals surface area contributed by atoms with Gasteiger partial charge < -0.3 is 5.32 Å². The highest BCUT2D eigenvalue weighted by molar-refractivity contribution is 6.30. The average molecular weight is 264 g/mol. The van der Waals surface area contributed by atoms with Gasteiger partial charge in [-0.2, -0.15) is 0 Å². The molecule has 0 fully saturated rings. The van der Waals surface area contributed by atoms with Crippen molar-refractivity contribution in [1.29, 1.82) is 0 Å². The van der Waals surface area contributed by atoms with Crippen molar-refractivity contribution in [3.63, 3.8) is 0 Å². The van der Waals surface area contributed by atoms with Crippen molar-refractivity contribution in [3.8, 4) is 0 Å². The van der Waals surface area contributed by atoms with Gasteiger partial charge in [0.1, 0.15) is 5.82 Å². The first-order valence-corrected chi connectivity index (χ1v) is 6.19. The van der Waals surface area contributed by atoms with Crippen LogP contribution in [-0.2, 0) is 6.54 Å². The Balaban J connectivity index is 2.13. The normalized spacial score (nSPS) is 10.4. The van der Waals surface area contributed by atoms with Gasteiger partial charge in [-0.25, -0.2) is 4.39 Å². The van der Waals surface area contributed by atoms with Gasteiger partial charge in [-0.1, -0.05) is 35.4 Å². The van der Waals surface area contributed by atoms with Crippen LogP contribution in [0.5, 0.6) is 0 Å². The van der Waals surface area contributed by atoms with E-state index in [4.69, 9.17) is 11.6 Å². The summed E-state index contributed by atoms with van der Waals surface area (Å²) in [6.45, 7) is 4.70. The highest BCUT2D eigenvalue weighted by atomic mass is 35.5. The Morgan fingerprint density at radius 3 is 2.61 bits per heavy atom. The van der Waals surface area contributed by atoms with Gasteiger partial charge in [0.25, 0.3) is 0 Å². The van der Waals surface area contributed by atoms with Crippen molar-refractivity contribution in [2.75, 3.05) is 5.32 Å². The lowest BCUT2D eigenvalue weighted by atomic mass is 10.1. The van der Waals surface area contributed by atoms with Gasteiger partial charge in [0.2, 0.25) is 0 Å². The number of hydrogen-bond donors (Lipinski definition) is 1. The molecule has 0 saturated carbocycles. The van der Waals surface area contributed by atoms with E-state index >= 15 is 0 Å². The number of hydrogen-bond acceptors (Lipinski definition) is 1. The third kappa shape index (κ3) is 3.02. The maximum atomic E-state index is 13.5. The molecule has 0 heterocycles. The highest BCUT2D eigenvalue weighted by Gasteiger charge is 2.04. The zero-order valence-corrected chi connectivity index (χ0v) is 11.2. The zero-order valence-electron chi connectivity index (χ0n) is 10.4. The van der Waals surface area contributed by atoms with Gasteiger partial charge in [-0.05, 0) is 43.2 Å². The second-order valence-electron chi connectivity index (χ2n) is 4.41. The van der Waals surface area contributed by atoms with Crippen LogP contribution in [0.25, 0.3) is 0 Å². The summed E-state index contributed by atoms with van der Waals surface area (Å²) in [6, 6.07) is 10.7. The summed E-state index contributed by atoms with van der Waals surface area (Å²) in [5.41, 5.74) is 4.01. The lowest BCUT2D eigenvalue weighted by Crippen LogP contribution is -2.03. The quantitative estimate of drug-likeness (QED) is 0.846. The van der Waals surface area contributed by atoms with Crippen molar-refractivity contribution in [1.82, 2.24) is 0 Å². The fraction of sp³-hybridized carbons (Fsp3) is 0.200. The number of rotatable bonds is 3. The Hall–Kier alpha value is -1.54. The van der Waals surface area contributed by atoms with Crippen molar-refractivity contribution in [3.05, 3.63) is 63.9 Å². The van der Waals surface area contributed by atoms with Crippen LogP contribution in [0.1, 0.15) is 16.7 Å². The molecule has 0 aliphatic carbocycles. The van der Waals surface area contributed by atoms with Crippen molar-refractivity contribution in [2.45, 2.75) is 20.4 Å². The molecular weight excluding hydrogens is 249 g/mol. The summed E-state index contributed by atoms with van der Waals surface area (Å²) in [7, 11) is 0. The largest absolute Gasteiger partial charge is 0.379 e. The lowest BCUT2D eigenvalue weighted by molar-refractivity contribution is 0.630. The van der Waals surface area contributed by atoms with Gasteiger partial charge in [0, 0.05) is 11.6 Å². The standard InChI is InChI=1S/C15H15ClFN/c1-10-3-4-12(11(2)7-10)9-18-15-8-13(16)5-6-14(15)17/h3-8,18H,9H2,1-2H3. The van der Waals surface area contributed by atoms with Gasteiger partial charge in [-0.3, -0.25) is 0 Å². The first kappa shape index (κ1) is 12.9. The molecule has 18 heavy (non-hydrogen) atoms. The second kappa shape index (κ2) is 5.40. The molecule has 0 saturated heterocycles. The molecule has 2 rings (SSSR count). The average Bonchev–Trinajstić information content (AvgIpc) is 2.32. The molecule has 0 aliphatic heterocycles. The van der Waals surface area contributed by atoms with Crippen LogP contribution < -0.4 is 5.32 Å². The molecule has 0 aliphatic rings. The van der Waals surface area contributed by atoms with E-state index in [2.05, 4.69) is 37.4 Å². The molecule has 0 atom stereocenters. The molecule has 0 aromatic heterocycles. The Morgan fingerprint density at radius 1 is 1.11 bits per heavy atom. The zero-order chi connectivity index (χ0) is 13.1. The van der Waals surface area contributed by atoms with E-state index in [-0.39, 0.29) is 5.82 Å². The number of benzene rings is 2. The van der Waals surface area contributed by atoms with Crippen LogP contribution in [0.4, 0.5) is 10.1 Å². The molecule has 0 bridgehead atoms. The molecule has 2 aromatic rings. The SMILES string of the molecule is Cc1ccc(CNc2cc(Cl)ccc2F)c(C)c1. The predicted molar refractivity (Wildman–Crippen MR) is 74.7 cm³/mol. The molecule has 1 nitrogen and oxygen atoms in total. The van der Waals surface area contributed by atoms with Crippen molar-refractivity contribution < 1.29 is 4.39 Å². The smallest absolute Gasteiger partial charge is 0.146 e. The fourth-order valence-electron chi connectivity index (χ4n) is 1.87. The molecule has 94 valence electrons. The van der Waals surface area contributed by atoms with Crippen LogP contribution in [0.15, 0.2) is 36.4 Å². The maximum Gasteiger partial charge on any atom is 0.146 e. The highest BCUT2D eigenvalue weighted by Crippen LogP contribution is 2.21. The van der Waals surface area contributed by atoms with E-state index in [1.165, 1.54) is 17.2 Å². The van der Waals surface area contributed by atoms with E-state index in [1.807, 2.05) is 0 Å². The summed E-state index contributed by atoms with van der Waals surface area (Å²) in [4.78, 5) is 0. The first-order chi connectivity index (χ1) is 8.56. The Bertz CT molecular complexity index is 566. The van der Waals surface area contributed by atoms with Crippen molar-refractivity contribution in [2.24, 2.45) is 0 Å². The monoisotopic (exact) mass is 263 g/mol. The topological polar surface area (TPSA) is 12.0 Å². The maximum absolute atomic E-state index is 13.5. The molecule has 0 spiro atoms. The minimum atomic E-state index is -0.288. The summed E-state index contributed by atoms with van der Waals surface area (Å²) in [5.74, 6) is -0.288. The summed E-state index contributed by atoms with van der Waals surface area (Å²) >= 11 is 5.84. The third-order valence-electron chi connectivity index (χ3n) is 2.90. The summed E-state index contributed by atoms with van der Waals surface area (Å²) < 4.78 is 13.5. The molecule has 1 N–H and O–H groups in total. The van der Waals surface area contributed by atoms with Crippen LogP contribution in [0, 0.1) is 19.7 Å². The van der Waals surface area contributed by atoms with E-state index in [9.17, 15) is 4.39 Å². The molecular formula is C15H15ClFN. The van der Waals surface area contributed by atoms with Gasteiger partial charge in [0.15, 0.2) is 0 Å². The molecule has 0 radical (unpaired) electrons. The van der Waals surface area contributed by atoms with Crippen LogP contribution in [0.3, 0.4) is 0 Å². The van der Waals surface area contributed by atoms with Gasteiger partial charge in [-0.15, -0.1) is 0 Å². The Labute approximate surface area is 112 Å². The van der Waals surface area contributed by atoms with Crippen LogP contribution >= 0.6 is 11.6 Å². The predicted octanol–water partition coefficient (Wildman–Crippen LogP) is 4.71. The minimum Gasteiger partial charge on any atom is -0.379 e. The summed E-state index contributed by atoms with van der Waals surface area (Å²) in [6.07, 6.45) is 0. The molecule has 2 aromatic carbocycles. The fourth-order valence-corrected chi connectivity index (χ4v) is 2.04. The Kier molecular flexibility index (Phi) is 3.87. The van der Waals surface area contributed by atoms with E-state index in [0.29, 0.717) is 17.3 Å². The first-order valence-electron chi connectivity index (χ1n) is 5.81. The van der Waals surface area contributed by atoms with Crippen LogP contribution in [0.2, 0.25) is 5.02 Å². The van der Waals surface area contributed by atoms with E-state index in [0.717, 1.165) is 5.56 Å². The number of nitrogens with one attached hydrogen (secondary N) is 1. The third-order valence-corrected chi connectivity index (χ3v) is 3.13. The molecule has 3 heteroatoms.